The fourth-order valence-electron chi connectivity index (χ4n) is 1.98. The fraction of sp³-hybridized carbons (Fsp3) is 0.286. The van der Waals surface area contributed by atoms with Gasteiger partial charge in [0.15, 0.2) is 0 Å². The van der Waals surface area contributed by atoms with Crippen molar-refractivity contribution in [3.05, 3.63) is 49.9 Å². The number of allylic oxidation sites excluding steroid dienone is 3. The number of aromatic nitrogens is 1. The van der Waals surface area contributed by atoms with Crippen LogP contribution in [0.4, 0.5) is 0 Å². The van der Waals surface area contributed by atoms with E-state index in [0.717, 1.165) is 4.48 Å². The molecular weight excluding hydrogens is 326 g/mol. The molecule has 6 heteroatoms. The summed E-state index contributed by atoms with van der Waals surface area (Å²) in [4.78, 5) is 27.2. The van der Waals surface area contributed by atoms with Crippen molar-refractivity contribution in [1.82, 2.24) is 4.98 Å². The van der Waals surface area contributed by atoms with Crippen LogP contribution in [-0.2, 0) is 15.9 Å². The molecule has 5 nitrogen and oxygen atoms in total. The molecule has 0 spiro atoms. The second-order valence-corrected chi connectivity index (χ2v) is 5.15. The molecule has 0 saturated carbocycles. The van der Waals surface area contributed by atoms with Gasteiger partial charge >= 0.3 is 5.97 Å². The van der Waals surface area contributed by atoms with Gasteiger partial charge in [-0.3, -0.25) is 4.79 Å². The van der Waals surface area contributed by atoms with E-state index in [-0.39, 0.29) is 17.6 Å². The van der Waals surface area contributed by atoms with Crippen molar-refractivity contribution >= 4 is 27.7 Å². The molecule has 1 heterocycles. The van der Waals surface area contributed by atoms with Gasteiger partial charge in [0.05, 0.1) is 19.3 Å². The van der Waals surface area contributed by atoms with Crippen LogP contribution in [0, 0.1) is 0 Å². The van der Waals surface area contributed by atoms with Crippen LogP contribution in [-0.4, -0.2) is 24.7 Å². The maximum atomic E-state index is 12.5. The monoisotopic (exact) mass is 339 g/mol. The minimum Gasteiger partial charge on any atom is -0.496 e. The van der Waals surface area contributed by atoms with Crippen molar-refractivity contribution in [3.63, 3.8) is 0 Å². The Labute approximate surface area is 124 Å². The summed E-state index contributed by atoms with van der Waals surface area (Å²) < 4.78 is 11.0. The van der Waals surface area contributed by atoms with Gasteiger partial charge < -0.3 is 14.5 Å². The number of carbonyl (C=O) groups excluding carboxylic acids is 1. The van der Waals surface area contributed by atoms with E-state index < -0.39 is 5.97 Å². The van der Waals surface area contributed by atoms with Crippen LogP contribution in [0.15, 0.2) is 27.6 Å². The molecular formula is C14H14BrNO4. The maximum absolute atomic E-state index is 12.5. The molecule has 0 unspecified atom stereocenters. The van der Waals surface area contributed by atoms with Crippen molar-refractivity contribution in [3.8, 4) is 0 Å². The topological polar surface area (TPSA) is 68.4 Å². The van der Waals surface area contributed by atoms with Gasteiger partial charge in [-0.2, -0.15) is 0 Å². The van der Waals surface area contributed by atoms with Crippen LogP contribution in [0.2, 0.25) is 0 Å². The highest BCUT2D eigenvalue weighted by Crippen LogP contribution is 2.24. The van der Waals surface area contributed by atoms with Crippen molar-refractivity contribution in [2.75, 3.05) is 13.7 Å². The lowest BCUT2D eigenvalue weighted by atomic mass is 10.1. The first-order valence-electron chi connectivity index (χ1n) is 6.10. The highest BCUT2D eigenvalue weighted by molar-refractivity contribution is 9.11. The smallest absolute Gasteiger partial charge is 0.343 e. The quantitative estimate of drug-likeness (QED) is 0.858. The van der Waals surface area contributed by atoms with Gasteiger partial charge in [-0.25, -0.2) is 4.79 Å². The Hall–Kier alpha value is -1.82. The summed E-state index contributed by atoms with van der Waals surface area (Å²) in [5.41, 5.74) is 0.646. The lowest BCUT2D eigenvalue weighted by Crippen LogP contribution is -2.23. The number of fused-ring (bicyclic) bond motifs is 1. The van der Waals surface area contributed by atoms with E-state index in [1.54, 1.807) is 13.0 Å². The molecule has 1 aliphatic carbocycles. The van der Waals surface area contributed by atoms with Gasteiger partial charge in [0, 0.05) is 22.8 Å². The minimum absolute atomic E-state index is 0.0217. The van der Waals surface area contributed by atoms with Crippen LogP contribution < -0.4 is 5.43 Å². The lowest BCUT2D eigenvalue weighted by Gasteiger charge is -2.11. The molecule has 0 fully saturated rings. The van der Waals surface area contributed by atoms with Gasteiger partial charge in [0.2, 0.25) is 5.43 Å². The Bertz CT molecular complexity index is 658. The number of methoxy groups -OCH3 is 1. The van der Waals surface area contributed by atoms with Gasteiger partial charge in [0.25, 0.3) is 0 Å². The average Bonchev–Trinajstić information content (AvgIpc) is 2.58. The predicted molar refractivity (Wildman–Crippen MR) is 78.7 cm³/mol. The first kappa shape index (κ1) is 14.6. The second-order valence-electron chi connectivity index (χ2n) is 4.13. The van der Waals surface area contributed by atoms with E-state index in [2.05, 4.69) is 20.9 Å². The maximum Gasteiger partial charge on any atom is 0.343 e. The third kappa shape index (κ3) is 2.70. The summed E-state index contributed by atoms with van der Waals surface area (Å²) >= 11 is 3.41. The van der Waals surface area contributed by atoms with Crippen molar-refractivity contribution < 1.29 is 14.3 Å². The molecule has 0 radical (unpaired) electrons. The van der Waals surface area contributed by atoms with Crippen LogP contribution in [0.5, 0.6) is 0 Å². The largest absolute Gasteiger partial charge is 0.496 e. The molecule has 0 bridgehead atoms. The first-order chi connectivity index (χ1) is 9.58. The van der Waals surface area contributed by atoms with Crippen LogP contribution >= 0.6 is 15.9 Å². The summed E-state index contributed by atoms with van der Waals surface area (Å²) in [7, 11) is 1.49. The van der Waals surface area contributed by atoms with E-state index in [1.165, 1.54) is 13.3 Å². The van der Waals surface area contributed by atoms with Crippen molar-refractivity contribution in [2.24, 2.45) is 0 Å². The van der Waals surface area contributed by atoms with Gasteiger partial charge in [-0.1, -0.05) is 15.9 Å². The summed E-state index contributed by atoms with van der Waals surface area (Å²) in [6, 6.07) is 0. The number of rotatable bonds is 3. The molecule has 0 atom stereocenters. The zero-order valence-electron chi connectivity index (χ0n) is 11.2. The summed E-state index contributed by atoms with van der Waals surface area (Å²) in [6.07, 6.45) is 5.42. The number of nitrogens with one attached hydrogen (secondary N) is 1. The number of hydrogen-bond donors (Lipinski definition) is 1. The number of aromatic amines is 1. The van der Waals surface area contributed by atoms with Gasteiger partial charge in [0.1, 0.15) is 11.3 Å². The summed E-state index contributed by atoms with van der Waals surface area (Å²) in [5, 5.41) is 0. The Morgan fingerprint density at radius 1 is 1.45 bits per heavy atom. The van der Waals surface area contributed by atoms with Crippen LogP contribution in [0.3, 0.4) is 0 Å². The molecule has 0 aliphatic heterocycles. The Morgan fingerprint density at radius 2 is 2.20 bits per heavy atom. The molecule has 0 saturated heterocycles. The lowest BCUT2D eigenvalue weighted by molar-refractivity contribution is 0.0524. The number of carbonyl (C=O) groups is 1. The molecule has 0 aromatic carbocycles. The van der Waals surface area contributed by atoms with Gasteiger partial charge in [-0.15, -0.1) is 0 Å². The fourth-order valence-corrected chi connectivity index (χ4v) is 2.39. The van der Waals surface area contributed by atoms with Gasteiger partial charge in [-0.05, 0) is 19.1 Å². The van der Waals surface area contributed by atoms with E-state index >= 15 is 0 Å². The Balaban J connectivity index is 2.60. The molecule has 0 amide bonds. The van der Waals surface area contributed by atoms with Crippen molar-refractivity contribution in [1.29, 1.82) is 0 Å². The Morgan fingerprint density at radius 3 is 2.85 bits per heavy atom. The second kappa shape index (κ2) is 6.09. The molecule has 1 N–H and O–H groups in total. The van der Waals surface area contributed by atoms with E-state index in [9.17, 15) is 9.59 Å². The number of ether oxygens (including phenoxy) is 2. The molecule has 1 aromatic rings. The standard InChI is InChI=1S/C14H14BrNO4/c1-3-20-14(18)9-7-16-10-6-8(15)4-5-11(19-2)12(10)13(9)17/h4-5,7H,3,6H2,1-2H3,(H,16,17). The highest BCUT2D eigenvalue weighted by Gasteiger charge is 2.22. The van der Waals surface area contributed by atoms with Crippen LogP contribution in [0.1, 0.15) is 28.5 Å². The Kier molecular flexibility index (Phi) is 4.44. The molecule has 20 heavy (non-hydrogen) atoms. The van der Waals surface area contributed by atoms with E-state index in [0.29, 0.717) is 23.4 Å². The number of esters is 1. The van der Waals surface area contributed by atoms with Crippen molar-refractivity contribution in [2.45, 2.75) is 13.3 Å². The third-order valence-electron chi connectivity index (χ3n) is 2.89. The van der Waals surface area contributed by atoms with Crippen LogP contribution in [0.25, 0.3) is 5.76 Å². The first-order valence-corrected chi connectivity index (χ1v) is 6.90. The predicted octanol–water partition coefficient (Wildman–Crippen LogP) is 2.37. The minimum atomic E-state index is -0.636. The number of H-pyrrole nitrogens is 1. The average molecular weight is 340 g/mol. The van der Waals surface area contributed by atoms with E-state index in [1.807, 2.05) is 6.08 Å². The number of hydrogen-bond acceptors (Lipinski definition) is 4. The zero-order chi connectivity index (χ0) is 14.7. The summed E-state index contributed by atoms with van der Waals surface area (Å²) in [5.74, 6) is -0.217. The normalized spacial score (nSPS) is 13.8. The number of halogens is 1. The SMILES string of the molecule is CCOC(=O)c1c[nH]c2c(c1=O)C(OC)=CC=C(Br)C2. The molecule has 106 valence electrons. The zero-order valence-corrected chi connectivity index (χ0v) is 12.7. The molecule has 1 aliphatic rings. The molecule has 2 rings (SSSR count). The highest BCUT2D eigenvalue weighted by atomic mass is 79.9. The van der Waals surface area contributed by atoms with E-state index in [4.69, 9.17) is 9.47 Å². The molecule has 1 aromatic heterocycles. The third-order valence-corrected chi connectivity index (χ3v) is 3.43. The summed E-state index contributed by atoms with van der Waals surface area (Å²) in [6.45, 7) is 1.91. The number of pyridine rings is 1.